The third-order valence-corrected chi connectivity index (χ3v) is 7.23. The maximum absolute atomic E-state index is 15.6. The van der Waals surface area contributed by atoms with Crippen LogP contribution in [0.25, 0.3) is 22.4 Å². The number of aromatic nitrogens is 3. The lowest BCUT2D eigenvalue weighted by atomic mass is 10.1. The van der Waals surface area contributed by atoms with Gasteiger partial charge in [0.15, 0.2) is 5.82 Å². The van der Waals surface area contributed by atoms with Gasteiger partial charge in [-0.1, -0.05) is 0 Å². The normalized spacial score (nSPS) is 22.2. The van der Waals surface area contributed by atoms with E-state index >= 15 is 4.39 Å². The average molecular weight is 497 g/mol. The number of carbonyl (C=O) groups is 1. The molecule has 2 saturated heterocycles. The van der Waals surface area contributed by atoms with Gasteiger partial charge in [-0.2, -0.15) is 0 Å². The summed E-state index contributed by atoms with van der Waals surface area (Å²) < 4.78 is 29.1. The van der Waals surface area contributed by atoms with Crippen LogP contribution in [0.2, 0.25) is 0 Å². The molecule has 0 spiro atoms. The van der Waals surface area contributed by atoms with E-state index in [9.17, 15) is 4.79 Å². The summed E-state index contributed by atoms with van der Waals surface area (Å²) in [6, 6.07) is 6.26. The third kappa shape index (κ3) is 4.28. The lowest BCUT2D eigenvalue weighted by Crippen LogP contribution is -2.40. The summed E-state index contributed by atoms with van der Waals surface area (Å²) in [6.07, 6.45) is 3.94. The summed E-state index contributed by atoms with van der Waals surface area (Å²) in [7, 11) is 2.97. The summed E-state index contributed by atoms with van der Waals surface area (Å²) in [5.41, 5.74) is 1.20. The van der Waals surface area contributed by atoms with Crippen LogP contribution in [0, 0.1) is 5.82 Å². The Hall–Kier alpha value is -3.24. The third-order valence-electron chi connectivity index (χ3n) is 7.23. The number of morpholine rings is 1. The van der Waals surface area contributed by atoms with Crippen molar-refractivity contribution >= 4 is 22.8 Å². The van der Waals surface area contributed by atoms with Gasteiger partial charge in [-0.05, 0) is 44.9 Å². The van der Waals surface area contributed by atoms with Gasteiger partial charge in [-0.15, -0.1) is 0 Å². The van der Waals surface area contributed by atoms with Crippen molar-refractivity contribution in [1.29, 1.82) is 0 Å². The second-order valence-electron chi connectivity index (χ2n) is 9.55. The van der Waals surface area contributed by atoms with Gasteiger partial charge in [0, 0.05) is 44.0 Å². The summed E-state index contributed by atoms with van der Waals surface area (Å²) >= 11 is 0. The van der Waals surface area contributed by atoms with E-state index in [0.717, 1.165) is 30.8 Å². The fraction of sp³-hybridized carbons (Fsp3) is 0.500. The second kappa shape index (κ2) is 10.0. The number of benzene rings is 1. The van der Waals surface area contributed by atoms with Crippen molar-refractivity contribution in [1.82, 2.24) is 25.2 Å². The first-order valence-corrected chi connectivity index (χ1v) is 12.5. The number of methoxy groups -OCH3 is 1. The van der Waals surface area contributed by atoms with Crippen molar-refractivity contribution in [3.05, 3.63) is 35.8 Å². The molecule has 3 aromatic rings. The van der Waals surface area contributed by atoms with Crippen molar-refractivity contribution in [2.45, 2.75) is 51.4 Å². The first-order valence-electron chi connectivity index (χ1n) is 12.5. The number of amides is 1. The summed E-state index contributed by atoms with van der Waals surface area (Å²) in [5, 5.41) is 5.82. The second-order valence-corrected chi connectivity index (χ2v) is 9.55. The Balaban J connectivity index is 1.64. The van der Waals surface area contributed by atoms with Gasteiger partial charge in [-0.25, -0.2) is 14.4 Å². The van der Waals surface area contributed by atoms with E-state index < -0.39 is 11.7 Å². The molecular weight excluding hydrogens is 463 g/mol. The molecule has 9 nitrogen and oxygen atoms in total. The first-order chi connectivity index (χ1) is 17.4. The zero-order valence-electron chi connectivity index (χ0n) is 21.2. The Morgan fingerprint density at radius 1 is 1.31 bits per heavy atom. The topological polar surface area (TPSA) is 93.5 Å². The molecule has 5 rings (SSSR count). The number of ether oxygens (including phenoxy) is 2. The molecule has 10 heteroatoms. The minimum absolute atomic E-state index is 0.0811. The molecule has 0 saturated carbocycles. The molecule has 3 atom stereocenters. The molecule has 0 radical (unpaired) electrons. The smallest absolute Gasteiger partial charge is 0.254 e. The van der Waals surface area contributed by atoms with Gasteiger partial charge in [0.2, 0.25) is 0 Å². The van der Waals surface area contributed by atoms with Crippen LogP contribution in [0.5, 0.6) is 5.75 Å². The number of nitrogens with one attached hydrogen (secondary N) is 2. The molecule has 4 heterocycles. The number of halogens is 1. The number of nitrogens with zero attached hydrogens (tertiary/aromatic N) is 4. The highest BCUT2D eigenvalue weighted by atomic mass is 19.1. The van der Waals surface area contributed by atoms with Gasteiger partial charge >= 0.3 is 0 Å². The summed E-state index contributed by atoms with van der Waals surface area (Å²) in [5.74, 6) is 0.619. The number of rotatable bonds is 6. The van der Waals surface area contributed by atoms with Crippen LogP contribution in [-0.4, -0.2) is 72.5 Å². The van der Waals surface area contributed by atoms with Gasteiger partial charge < -0.3 is 29.6 Å². The fourth-order valence-corrected chi connectivity index (χ4v) is 5.36. The van der Waals surface area contributed by atoms with Crippen LogP contribution in [-0.2, 0) is 11.3 Å². The molecule has 2 aromatic heterocycles. The van der Waals surface area contributed by atoms with E-state index in [1.165, 1.54) is 20.2 Å². The largest absolute Gasteiger partial charge is 0.494 e. The predicted molar refractivity (Wildman–Crippen MR) is 136 cm³/mol. The Morgan fingerprint density at radius 3 is 2.69 bits per heavy atom. The van der Waals surface area contributed by atoms with Crippen LogP contribution >= 0.6 is 0 Å². The van der Waals surface area contributed by atoms with Crippen LogP contribution < -0.4 is 20.3 Å². The van der Waals surface area contributed by atoms with Crippen molar-refractivity contribution in [3.8, 4) is 17.1 Å². The van der Waals surface area contributed by atoms with Crippen molar-refractivity contribution in [3.63, 3.8) is 0 Å². The fourth-order valence-electron chi connectivity index (χ4n) is 5.36. The lowest BCUT2D eigenvalue weighted by molar-refractivity contribution is 0.0191. The number of fused-ring (bicyclic) bond motifs is 1. The minimum Gasteiger partial charge on any atom is -0.494 e. The summed E-state index contributed by atoms with van der Waals surface area (Å²) in [6.45, 7) is 6.94. The number of imidazole rings is 1. The van der Waals surface area contributed by atoms with Crippen LogP contribution in [0.3, 0.4) is 0 Å². The zero-order valence-corrected chi connectivity index (χ0v) is 21.2. The Labute approximate surface area is 210 Å². The molecule has 0 aliphatic carbocycles. The Morgan fingerprint density at radius 2 is 2.08 bits per heavy atom. The molecule has 2 N–H and O–H groups in total. The number of hydrogen-bond acceptors (Lipinski definition) is 7. The van der Waals surface area contributed by atoms with Crippen LogP contribution in [0.1, 0.15) is 37.0 Å². The average Bonchev–Trinajstić information content (AvgIpc) is 3.44. The number of anilines is 1. The molecule has 0 unspecified atom stereocenters. The van der Waals surface area contributed by atoms with Gasteiger partial charge in [0.1, 0.15) is 28.4 Å². The van der Waals surface area contributed by atoms with E-state index in [4.69, 9.17) is 14.5 Å². The minimum atomic E-state index is -0.683. The highest BCUT2D eigenvalue weighted by Crippen LogP contribution is 2.36. The Kier molecular flexibility index (Phi) is 6.81. The number of hydrogen-bond donors (Lipinski definition) is 2. The first kappa shape index (κ1) is 24.5. The highest BCUT2D eigenvalue weighted by molar-refractivity contribution is 6.00. The van der Waals surface area contributed by atoms with Crippen molar-refractivity contribution in [2.75, 3.05) is 38.8 Å². The molecule has 0 bridgehead atoms. The van der Waals surface area contributed by atoms with Crippen LogP contribution in [0.4, 0.5) is 10.2 Å². The SMILES string of the molecule is CNC(=O)c1cc(OC)c2c(nc(-c3ccc(N4[C@@H](C)CC[C@@H]4C)nc3)n2C[C@@H]2CNCCO2)c1F. The van der Waals surface area contributed by atoms with Gasteiger partial charge in [-0.3, -0.25) is 4.79 Å². The predicted octanol–water partition coefficient (Wildman–Crippen LogP) is 2.97. The molecule has 2 fully saturated rings. The number of pyridine rings is 1. The van der Waals surface area contributed by atoms with E-state index in [1.807, 2.05) is 16.7 Å². The van der Waals surface area contributed by atoms with Gasteiger partial charge in [0.25, 0.3) is 5.91 Å². The van der Waals surface area contributed by atoms with E-state index in [2.05, 4.69) is 34.4 Å². The molecular formula is C26H33FN6O3. The van der Waals surface area contributed by atoms with Crippen molar-refractivity contribution < 1.29 is 18.7 Å². The lowest BCUT2D eigenvalue weighted by Gasteiger charge is -2.27. The Bertz CT molecular complexity index is 1250. The highest BCUT2D eigenvalue weighted by Gasteiger charge is 2.29. The van der Waals surface area contributed by atoms with Crippen molar-refractivity contribution in [2.24, 2.45) is 0 Å². The molecule has 36 heavy (non-hydrogen) atoms. The number of carbonyl (C=O) groups excluding carboxylic acids is 1. The monoisotopic (exact) mass is 496 g/mol. The van der Waals surface area contributed by atoms with Crippen LogP contribution in [0.15, 0.2) is 24.4 Å². The molecule has 2 aliphatic rings. The standard InChI is InChI=1S/C26H33FN6O3/c1-15-5-6-16(2)33(15)21-8-7-17(12-30-21)25-31-23-22(27)19(26(34)28-3)11-20(35-4)24(23)32(25)14-18-13-29-9-10-36-18/h7-8,11-12,15-16,18,29H,5-6,9-10,13-14H2,1-4H3,(H,28,34)/t15-,16-,18-/m0/s1. The van der Waals surface area contributed by atoms with E-state index in [1.54, 1.807) is 6.20 Å². The maximum atomic E-state index is 15.6. The van der Waals surface area contributed by atoms with E-state index in [-0.39, 0.29) is 17.2 Å². The quantitative estimate of drug-likeness (QED) is 0.542. The molecule has 2 aliphatic heterocycles. The van der Waals surface area contributed by atoms with E-state index in [0.29, 0.717) is 48.9 Å². The maximum Gasteiger partial charge on any atom is 0.254 e. The summed E-state index contributed by atoms with van der Waals surface area (Å²) in [4.78, 5) is 24.1. The molecule has 1 aromatic carbocycles. The van der Waals surface area contributed by atoms with Gasteiger partial charge in [0.05, 0.1) is 31.9 Å². The zero-order chi connectivity index (χ0) is 25.4. The molecule has 1 amide bonds. The molecule has 192 valence electrons.